The maximum Gasteiger partial charge on any atom is 0.148 e. The van der Waals surface area contributed by atoms with E-state index in [0.29, 0.717) is 5.76 Å². The zero-order valence-corrected chi connectivity index (χ0v) is 6.84. The molecule has 2 aliphatic rings. The number of fused-ring (bicyclic) bond motifs is 1. The molecule has 2 rings (SSSR count). The molecule has 0 N–H and O–H groups in total. The van der Waals surface area contributed by atoms with E-state index in [1.807, 2.05) is 0 Å². The van der Waals surface area contributed by atoms with Gasteiger partial charge in [0, 0.05) is 5.56 Å². The van der Waals surface area contributed by atoms with Crippen molar-refractivity contribution in [2.24, 2.45) is 0 Å². The Hall–Kier alpha value is -1.13. The van der Waals surface area contributed by atoms with Gasteiger partial charge < -0.3 is 8.97 Å². The maximum atomic E-state index is 10.6. The Morgan fingerprint density at radius 2 is 2.17 bits per heavy atom. The zero-order valence-electron chi connectivity index (χ0n) is 6.02. The van der Waals surface area contributed by atoms with Gasteiger partial charge in [0.2, 0.25) is 0 Å². The van der Waals surface area contributed by atoms with Gasteiger partial charge in [0.1, 0.15) is 5.76 Å². The first-order valence-electron chi connectivity index (χ1n) is 3.34. The molecule has 1 aliphatic heterocycles. The Labute approximate surface area is 71.6 Å². The zero-order chi connectivity index (χ0) is 8.55. The largest absolute Gasteiger partial charge is 0.768 e. The van der Waals surface area contributed by atoms with Crippen LogP contribution in [0.5, 0.6) is 0 Å². The first-order valence-corrected chi connectivity index (χ1v) is 4.42. The normalized spacial score (nSPS) is 13.4. The molecule has 0 amide bonds. The molecule has 0 saturated carbocycles. The first kappa shape index (κ1) is 7.52. The first-order chi connectivity index (χ1) is 5.79. The van der Waals surface area contributed by atoms with Crippen molar-refractivity contribution in [3.05, 3.63) is 30.5 Å². The second kappa shape index (κ2) is 2.73. The topological polar surface area (TPSA) is 53.3 Å². The Balaban J connectivity index is 2.67. The number of rotatable bonds is 1. The van der Waals surface area contributed by atoms with Crippen LogP contribution >= 0.6 is 0 Å². The van der Waals surface area contributed by atoms with Gasteiger partial charge in [0.15, 0.2) is 0 Å². The fourth-order valence-corrected chi connectivity index (χ4v) is 1.59. The molecule has 1 unspecified atom stereocenters. The van der Waals surface area contributed by atoms with Gasteiger partial charge >= 0.3 is 0 Å². The third-order valence-corrected chi connectivity index (χ3v) is 2.30. The lowest BCUT2D eigenvalue weighted by Crippen LogP contribution is -1.87. The van der Waals surface area contributed by atoms with Crippen LogP contribution in [0.2, 0.25) is 0 Å². The van der Waals surface area contributed by atoms with Crippen molar-refractivity contribution in [1.29, 1.82) is 0 Å². The van der Waals surface area contributed by atoms with Crippen molar-refractivity contribution in [2.75, 3.05) is 0 Å². The van der Waals surface area contributed by atoms with Crippen molar-refractivity contribution >= 4 is 11.1 Å². The van der Waals surface area contributed by atoms with Gasteiger partial charge in [-0.25, -0.2) is 0 Å². The van der Waals surface area contributed by atoms with E-state index in [-0.39, 0.29) is 4.90 Å². The molecule has 62 valence electrons. The van der Waals surface area contributed by atoms with Crippen molar-refractivity contribution in [3.63, 3.8) is 0 Å². The molecule has 0 fully saturated rings. The molecule has 12 heavy (non-hydrogen) atoms. The summed E-state index contributed by atoms with van der Waals surface area (Å²) in [4.78, 5) is 0.214. The molecule has 1 atom stereocenters. The van der Waals surface area contributed by atoms with Crippen LogP contribution < -0.4 is 0 Å². The van der Waals surface area contributed by atoms with Crippen molar-refractivity contribution < 1.29 is 13.2 Å². The number of hydrogen-bond donors (Lipinski definition) is 0. The molecular formula is C8H5O3S-. The highest BCUT2D eigenvalue weighted by Gasteiger charge is 2.10. The van der Waals surface area contributed by atoms with Gasteiger partial charge in [-0.1, -0.05) is 0 Å². The van der Waals surface area contributed by atoms with Gasteiger partial charge in [-0.3, -0.25) is 4.21 Å². The number of hydrogen-bond acceptors (Lipinski definition) is 3. The van der Waals surface area contributed by atoms with E-state index in [4.69, 9.17) is 4.42 Å². The van der Waals surface area contributed by atoms with Crippen LogP contribution in [0.4, 0.5) is 0 Å². The minimum Gasteiger partial charge on any atom is -0.768 e. The lowest BCUT2D eigenvalue weighted by Gasteiger charge is -2.04. The second-order valence-electron chi connectivity index (χ2n) is 2.33. The third-order valence-electron chi connectivity index (χ3n) is 1.62. The molecule has 1 heterocycles. The van der Waals surface area contributed by atoms with E-state index < -0.39 is 11.1 Å². The Morgan fingerprint density at radius 3 is 2.92 bits per heavy atom. The summed E-state index contributed by atoms with van der Waals surface area (Å²) in [6, 6.07) is 6.76. The van der Waals surface area contributed by atoms with E-state index in [1.165, 1.54) is 12.3 Å². The van der Waals surface area contributed by atoms with Crippen LogP contribution in [0.25, 0.3) is 11.3 Å². The molecule has 4 heteroatoms. The van der Waals surface area contributed by atoms with E-state index >= 15 is 0 Å². The quantitative estimate of drug-likeness (QED) is 0.628. The average molecular weight is 181 g/mol. The van der Waals surface area contributed by atoms with Gasteiger partial charge in [0.25, 0.3) is 0 Å². The Bertz CT molecular complexity index is 393. The lowest BCUT2D eigenvalue weighted by atomic mass is 10.3. The summed E-state index contributed by atoms with van der Waals surface area (Å²) in [5.41, 5.74) is 0.803. The summed E-state index contributed by atoms with van der Waals surface area (Å²) in [5.74, 6) is 0.422. The standard InChI is InChI=1S/C8H6O3S/c9-12(10)7-4-3-6-2-1-5-11-8(6)7/h1-5H,(H,9,10)/p-1. The molecule has 0 radical (unpaired) electrons. The summed E-state index contributed by atoms with van der Waals surface area (Å²) < 4.78 is 26.3. The maximum absolute atomic E-state index is 10.6. The van der Waals surface area contributed by atoms with E-state index in [9.17, 15) is 8.76 Å². The van der Waals surface area contributed by atoms with E-state index in [0.717, 1.165) is 5.56 Å². The second-order valence-corrected chi connectivity index (χ2v) is 3.24. The van der Waals surface area contributed by atoms with Crippen LogP contribution in [0, 0.1) is 0 Å². The monoisotopic (exact) mass is 181 g/mol. The summed E-state index contributed by atoms with van der Waals surface area (Å²) in [7, 11) is 0. The molecule has 0 bridgehead atoms. The van der Waals surface area contributed by atoms with Crippen LogP contribution in [-0.2, 0) is 11.1 Å². The van der Waals surface area contributed by atoms with E-state index in [1.54, 1.807) is 18.2 Å². The highest BCUT2D eigenvalue weighted by atomic mass is 32.2. The molecule has 0 aromatic carbocycles. The Morgan fingerprint density at radius 1 is 1.33 bits per heavy atom. The molecule has 0 saturated heterocycles. The van der Waals surface area contributed by atoms with Gasteiger partial charge in [-0.2, -0.15) is 0 Å². The van der Waals surface area contributed by atoms with Gasteiger partial charge in [-0.15, -0.1) is 0 Å². The summed E-state index contributed by atoms with van der Waals surface area (Å²) in [6.45, 7) is 0. The summed E-state index contributed by atoms with van der Waals surface area (Å²) >= 11 is -2.22. The summed E-state index contributed by atoms with van der Waals surface area (Å²) in [5, 5.41) is 0. The molecule has 0 aromatic heterocycles. The molecule has 0 aromatic rings. The fraction of sp³-hybridized carbons (Fsp3) is 0. The van der Waals surface area contributed by atoms with Gasteiger partial charge in [-0.05, 0) is 35.3 Å². The average Bonchev–Trinajstić information content (AvgIpc) is 2.47. The van der Waals surface area contributed by atoms with Crippen LogP contribution in [0.15, 0.2) is 39.8 Å². The summed E-state index contributed by atoms with van der Waals surface area (Å²) in [6.07, 6.45) is 1.46. The van der Waals surface area contributed by atoms with Crippen molar-refractivity contribution in [3.8, 4) is 11.3 Å². The van der Waals surface area contributed by atoms with Crippen LogP contribution in [0.3, 0.4) is 0 Å². The molecule has 0 spiro atoms. The van der Waals surface area contributed by atoms with Crippen molar-refractivity contribution in [1.82, 2.24) is 0 Å². The Kier molecular flexibility index (Phi) is 1.71. The van der Waals surface area contributed by atoms with Gasteiger partial charge in [0.05, 0.1) is 11.2 Å². The fourth-order valence-electron chi connectivity index (χ4n) is 1.10. The predicted molar refractivity (Wildman–Crippen MR) is 42.5 cm³/mol. The van der Waals surface area contributed by atoms with Crippen LogP contribution in [-0.4, -0.2) is 8.76 Å². The molecular weight excluding hydrogens is 176 g/mol. The third kappa shape index (κ3) is 1.05. The lowest BCUT2D eigenvalue weighted by molar-refractivity contribution is 0.524. The minimum atomic E-state index is -2.22. The van der Waals surface area contributed by atoms with Crippen molar-refractivity contribution in [2.45, 2.75) is 4.90 Å². The minimum absolute atomic E-state index is 0.214. The highest BCUT2D eigenvalue weighted by Crippen LogP contribution is 2.29. The van der Waals surface area contributed by atoms with Crippen LogP contribution in [0.1, 0.15) is 0 Å². The SMILES string of the molecule is O=S([O-])c1ccc2cccoc1-2. The smallest absolute Gasteiger partial charge is 0.148 e. The highest BCUT2D eigenvalue weighted by molar-refractivity contribution is 7.79. The molecule has 1 aliphatic carbocycles. The predicted octanol–water partition coefficient (Wildman–Crippen LogP) is 1.62. The molecule has 3 nitrogen and oxygen atoms in total. The van der Waals surface area contributed by atoms with E-state index in [2.05, 4.69) is 0 Å².